The molecule has 1 N–H and O–H groups in total. The van der Waals surface area contributed by atoms with Crippen molar-refractivity contribution in [3.8, 4) is 0 Å². The molecule has 0 aromatic heterocycles. The number of hydrogen-bond donors (Lipinski definition) is 1. The Hall–Kier alpha value is -1.61. The molecule has 3 heteroatoms. The number of likely N-dealkylation sites (tertiary alicyclic amines) is 1. The van der Waals surface area contributed by atoms with Gasteiger partial charge in [-0.1, -0.05) is 30.3 Å². The Labute approximate surface area is 121 Å². The minimum Gasteiger partial charge on any atom is -0.353 e. The van der Waals surface area contributed by atoms with Gasteiger partial charge in [0.15, 0.2) is 0 Å². The first kappa shape index (κ1) is 14.8. The number of benzene rings is 1. The molecule has 2 rings (SSSR count). The zero-order valence-electron chi connectivity index (χ0n) is 12.1. The second-order valence-electron chi connectivity index (χ2n) is 5.29. The van der Waals surface area contributed by atoms with Crippen LogP contribution in [-0.4, -0.2) is 37.0 Å². The van der Waals surface area contributed by atoms with Crippen LogP contribution in [0.15, 0.2) is 36.4 Å². The molecule has 1 fully saturated rings. The van der Waals surface area contributed by atoms with Crippen LogP contribution in [0, 0.1) is 0 Å². The Morgan fingerprint density at radius 3 is 2.65 bits per heavy atom. The van der Waals surface area contributed by atoms with E-state index in [0.717, 1.165) is 18.5 Å². The maximum atomic E-state index is 11.6. The van der Waals surface area contributed by atoms with Crippen LogP contribution >= 0.6 is 0 Å². The van der Waals surface area contributed by atoms with E-state index in [0.29, 0.717) is 0 Å². The SMILES string of the molecule is O=C(C=Cc1ccccc1)NCCCCN1CCCC1. The summed E-state index contributed by atoms with van der Waals surface area (Å²) in [6, 6.07) is 9.88. The molecule has 0 atom stereocenters. The molecule has 0 spiro atoms. The Balaban J connectivity index is 1.55. The summed E-state index contributed by atoms with van der Waals surface area (Å²) in [4.78, 5) is 14.1. The van der Waals surface area contributed by atoms with Gasteiger partial charge in [0.05, 0.1) is 0 Å². The van der Waals surface area contributed by atoms with E-state index in [-0.39, 0.29) is 5.91 Å². The summed E-state index contributed by atoms with van der Waals surface area (Å²) in [6.07, 6.45) is 8.38. The first-order valence-corrected chi connectivity index (χ1v) is 7.58. The maximum absolute atomic E-state index is 11.6. The fraction of sp³-hybridized carbons (Fsp3) is 0.471. The lowest BCUT2D eigenvalue weighted by Gasteiger charge is -2.13. The smallest absolute Gasteiger partial charge is 0.243 e. The van der Waals surface area contributed by atoms with Gasteiger partial charge in [0.2, 0.25) is 5.91 Å². The summed E-state index contributed by atoms with van der Waals surface area (Å²) in [5.41, 5.74) is 1.05. The lowest BCUT2D eigenvalue weighted by atomic mass is 10.2. The van der Waals surface area contributed by atoms with E-state index >= 15 is 0 Å². The van der Waals surface area contributed by atoms with Gasteiger partial charge in [-0.15, -0.1) is 0 Å². The lowest BCUT2D eigenvalue weighted by molar-refractivity contribution is -0.116. The number of nitrogens with one attached hydrogen (secondary N) is 1. The van der Waals surface area contributed by atoms with Crippen LogP contribution in [0.5, 0.6) is 0 Å². The number of rotatable bonds is 7. The Kier molecular flexibility index (Phi) is 6.32. The van der Waals surface area contributed by atoms with Crippen molar-refractivity contribution in [2.24, 2.45) is 0 Å². The summed E-state index contributed by atoms with van der Waals surface area (Å²) in [6.45, 7) is 4.46. The maximum Gasteiger partial charge on any atom is 0.243 e. The topological polar surface area (TPSA) is 32.3 Å². The number of hydrogen-bond acceptors (Lipinski definition) is 2. The van der Waals surface area contributed by atoms with E-state index in [2.05, 4.69) is 10.2 Å². The van der Waals surface area contributed by atoms with Crippen molar-refractivity contribution in [2.75, 3.05) is 26.2 Å². The molecule has 1 aromatic carbocycles. The molecule has 1 aliphatic rings. The average Bonchev–Trinajstić information content (AvgIpc) is 2.99. The van der Waals surface area contributed by atoms with Crippen LogP contribution in [0.25, 0.3) is 6.08 Å². The fourth-order valence-electron chi connectivity index (χ4n) is 2.47. The zero-order valence-corrected chi connectivity index (χ0v) is 12.1. The lowest BCUT2D eigenvalue weighted by Crippen LogP contribution is -2.24. The number of unbranched alkanes of at least 4 members (excludes halogenated alkanes) is 1. The first-order valence-electron chi connectivity index (χ1n) is 7.58. The molecule has 0 radical (unpaired) electrons. The van der Waals surface area contributed by atoms with Crippen molar-refractivity contribution in [3.63, 3.8) is 0 Å². The van der Waals surface area contributed by atoms with Crippen molar-refractivity contribution < 1.29 is 4.79 Å². The van der Waals surface area contributed by atoms with Gasteiger partial charge in [0, 0.05) is 12.6 Å². The molecule has 1 amide bonds. The molecule has 0 saturated carbocycles. The van der Waals surface area contributed by atoms with Crippen LogP contribution in [0.2, 0.25) is 0 Å². The molecule has 1 aliphatic heterocycles. The molecular weight excluding hydrogens is 248 g/mol. The Morgan fingerprint density at radius 1 is 1.15 bits per heavy atom. The van der Waals surface area contributed by atoms with Gasteiger partial charge >= 0.3 is 0 Å². The van der Waals surface area contributed by atoms with E-state index < -0.39 is 0 Å². The summed E-state index contributed by atoms with van der Waals surface area (Å²) < 4.78 is 0. The van der Waals surface area contributed by atoms with Crippen molar-refractivity contribution in [2.45, 2.75) is 25.7 Å². The first-order chi connectivity index (χ1) is 9.84. The van der Waals surface area contributed by atoms with Crippen molar-refractivity contribution in [3.05, 3.63) is 42.0 Å². The van der Waals surface area contributed by atoms with Crippen molar-refractivity contribution in [1.82, 2.24) is 10.2 Å². The van der Waals surface area contributed by atoms with E-state index in [9.17, 15) is 4.79 Å². The second kappa shape index (κ2) is 8.54. The predicted molar refractivity (Wildman–Crippen MR) is 83.4 cm³/mol. The monoisotopic (exact) mass is 272 g/mol. The highest BCUT2D eigenvalue weighted by molar-refractivity contribution is 5.91. The zero-order chi connectivity index (χ0) is 14.0. The molecule has 108 valence electrons. The van der Waals surface area contributed by atoms with Gasteiger partial charge in [-0.3, -0.25) is 4.79 Å². The van der Waals surface area contributed by atoms with E-state index in [1.165, 1.54) is 38.9 Å². The molecule has 1 heterocycles. The summed E-state index contributed by atoms with van der Waals surface area (Å²) in [5.74, 6) is -0.00461. The molecule has 1 aromatic rings. The summed E-state index contributed by atoms with van der Waals surface area (Å²) >= 11 is 0. The van der Waals surface area contributed by atoms with E-state index in [4.69, 9.17) is 0 Å². The molecule has 20 heavy (non-hydrogen) atoms. The third-order valence-corrected chi connectivity index (χ3v) is 3.63. The van der Waals surface area contributed by atoms with Gasteiger partial charge in [0.1, 0.15) is 0 Å². The normalized spacial score (nSPS) is 15.8. The number of carbonyl (C=O) groups is 1. The number of nitrogens with zero attached hydrogens (tertiary/aromatic N) is 1. The van der Waals surface area contributed by atoms with Crippen LogP contribution in [-0.2, 0) is 4.79 Å². The van der Waals surface area contributed by atoms with Crippen LogP contribution in [0.1, 0.15) is 31.2 Å². The van der Waals surface area contributed by atoms with Gasteiger partial charge in [-0.05, 0) is 57.0 Å². The highest BCUT2D eigenvalue weighted by Gasteiger charge is 2.09. The highest BCUT2D eigenvalue weighted by atomic mass is 16.1. The fourth-order valence-corrected chi connectivity index (χ4v) is 2.47. The average molecular weight is 272 g/mol. The molecule has 1 saturated heterocycles. The molecular formula is C17H24N2O. The second-order valence-corrected chi connectivity index (χ2v) is 5.29. The predicted octanol–water partition coefficient (Wildman–Crippen LogP) is 2.69. The molecule has 0 aliphatic carbocycles. The van der Waals surface area contributed by atoms with E-state index in [1.54, 1.807) is 6.08 Å². The third kappa shape index (κ3) is 5.57. The number of carbonyl (C=O) groups excluding carboxylic acids is 1. The minimum atomic E-state index is -0.00461. The van der Waals surface area contributed by atoms with Gasteiger partial charge in [0.25, 0.3) is 0 Å². The van der Waals surface area contributed by atoms with Gasteiger partial charge < -0.3 is 10.2 Å². The minimum absolute atomic E-state index is 0.00461. The quantitative estimate of drug-likeness (QED) is 0.611. The van der Waals surface area contributed by atoms with Crippen molar-refractivity contribution >= 4 is 12.0 Å². The largest absolute Gasteiger partial charge is 0.353 e. The standard InChI is InChI=1S/C17H24N2O/c20-17(11-10-16-8-2-1-3-9-16)18-12-4-5-13-19-14-6-7-15-19/h1-3,8-11H,4-7,12-15H2,(H,18,20). The van der Waals surface area contributed by atoms with Gasteiger partial charge in [-0.2, -0.15) is 0 Å². The van der Waals surface area contributed by atoms with Crippen molar-refractivity contribution in [1.29, 1.82) is 0 Å². The summed E-state index contributed by atoms with van der Waals surface area (Å²) in [7, 11) is 0. The summed E-state index contributed by atoms with van der Waals surface area (Å²) in [5, 5.41) is 2.93. The van der Waals surface area contributed by atoms with Crippen LogP contribution in [0.4, 0.5) is 0 Å². The van der Waals surface area contributed by atoms with Gasteiger partial charge in [-0.25, -0.2) is 0 Å². The Morgan fingerprint density at radius 2 is 1.90 bits per heavy atom. The van der Waals surface area contributed by atoms with E-state index in [1.807, 2.05) is 36.4 Å². The molecule has 3 nitrogen and oxygen atoms in total. The molecule has 0 unspecified atom stereocenters. The third-order valence-electron chi connectivity index (χ3n) is 3.63. The highest BCUT2D eigenvalue weighted by Crippen LogP contribution is 2.07. The number of amides is 1. The van der Waals surface area contributed by atoms with Crippen LogP contribution < -0.4 is 5.32 Å². The Bertz CT molecular complexity index is 422. The molecule has 0 bridgehead atoms. The van der Waals surface area contributed by atoms with Crippen LogP contribution in [0.3, 0.4) is 0 Å².